The van der Waals surface area contributed by atoms with E-state index in [0.717, 1.165) is 19.5 Å². The number of benzene rings is 1. The summed E-state index contributed by atoms with van der Waals surface area (Å²) in [5, 5.41) is 0. The Bertz CT molecular complexity index is 586. The molecule has 1 fully saturated rings. The standard InChI is InChI=1S/C17H24N4O/c18-17(19)20-16(22)13-8-7-12-5-4-6-15(14(12)11-13)21-9-2-1-3-10-21/h7-8,11,15H,1-6,9-10H2,(H4,18,19,20,22). The fraction of sp³-hybridized carbons (Fsp3) is 0.529. The van der Waals surface area contributed by atoms with Gasteiger partial charge in [0, 0.05) is 11.6 Å². The van der Waals surface area contributed by atoms with Crippen molar-refractivity contribution in [1.82, 2.24) is 4.90 Å². The monoisotopic (exact) mass is 300 g/mol. The molecular weight excluding hydrogens is 276 g/mol. The number of aliphatic imine (C=N–C) groups is 1. The third-order valence-corrected chi connectivity index (χ3v) is 4.74. The topological polar surface area (TPSA) is 84.7 Å². The van der Waals surface area contributed by atoms with Crippen LogP contribution in [0.4, 0.5) is 0 Å². The normalized spacial score (nSPS) is 21.9. The summed E-state index contributed by atoms with van der Waals surface area (Å²) < 4.78 is 0. The Hall–Kier alpha value is -1.88. The number of likely N-dealkylation sites (tertiary alicyclic amines) is 1. The van der Waals surface area contributed by atoms with Crippen LogP contribution in [0.2, 0.25) is 0 Å². The molecule has 1 heterocycles. The summed E-state index contributed by atoms with van der Waals surface area (Å²) in [7, 11) is 0. The molecule has 22 heavy (non-hydrogen) atoms. The molecule has 1 aliphatic heterocycles. The highest BCUT2D eigenvalue weighted by atomic mass is 16.1. The van der Waals surface area contributed by atoms with Crippen molar-refractivity contribution in [3.8, 4) is 0 Å². The van der Waals surface area contributed by atoms with Crippen molar-refractivity contribution < 1.29 is 4.79 Å². The molecule has 0 saturated carbocycles. The van der Waals surface area contributed by atoms with Crippen LogP contribution in [0.25, 0.3) is 0 Å². The predicted molar refractivity (Wildman–Crippen MR) is 87.7 cm³/mol. The third kappa shape index (κ3) is 3.14. The molecule has 1 aromatic rings. The molecule has 0 radical (unpaired) electrons. The molecule has 2 aliphatic rings. The number of nitrogens with zero attached hydrogens (tertiary/aromatic N) is 2. The molecule has 5 heteroatoms. The Kier molecular flexibility index (Phi) is 4.43. The minimum absolute atomic E-state index is 0.185. The van der Waals surface area contributed by atoms with Gasteiger partial charge in [-0.2, -0.15) is 4.99 Å². The van der Waals surface area contributed by atoms with Crippen molar-refractivity contribution in [2.45, 2.75) is 44.6 Å². The SMILES string of the molecule is NC(N)=NC(=O)c1ccc2c(c1)C(N1CCCCC1)CCC2. The van der Waals surface area contributed by atoms with Crippen molar-refractivity contribution in [3.63, 3.8) is 0 Å². The third-order valence-electron chi connectivity index (χ3n) is 4.74. The average molecular weight is 300 g/mol. The van der Waals surface area contributed by atoms with E-state index in [1.54, 1.807) is 0 Å². The summed E-state index contributed by atoms with van der Waals surface area (Å²) in [5.74, 6) is -0.541. The van der Waals surface area contributed by atoms with Gasteiger partial charge in [-0.1, -0.05) is 12.5 Å². The lowest BCUT2D eigenvalue weighted by atomic mass is 9.85. The second-order valence-electron chi connectivity index (χ2n) is 6.26. The zero-order chi connectivity index (χ0) is 15.5. The Labute approximate surface area is 131 Å². The van der Waals surface area contributed by atoms with Crippen LogP contribution in [-0.4, -0.2) is 29.9 Å². The maximum absolute atomic E-state index is 12.1. The first kappa shape index (κ1) is 15.0. The smallest absolute Gasteiger partial charge is 0.280 e. The van der Waals surface area contributed by atoms with E-state index in [0.29, 0.717) is 11.6 Å². The van der Waals surface area contributed by atoms with Crippen molar-refractivity contribution in [2.24, 2.45) is 16.5 Å². The van der Waals surface area contributed by atoms with E-state index in [1.165, 1.54) is 43.2 Å². The number of carbonyl (C=O) groups excluding carboxylic acids is 1. The van der Waals surface area contributed by atoms with Gasteiger partial charge in [-0.15, -0.1) is 0 Å². The van der Waals surface area contributed by atoms with Gasteiger partial charge in [0.2, 0.25) is 0 Å². The molecule has 4 N–H and O–H groups in total. The van der Waals surface area contributed by atoms with E-state index in [9.17, 15) is 4.79 Å². The van der Waals surface area contributed by atoms with Gasteiger partial charge in [0.15, 0.2) is 5.96 Å². The van der Waals surface area contributed by atoms with Crippen molar-refractivity contribution in [1.29, 1.82) is 0 Å². The first-order valence-corrected chi connectivity index (χ1v) is 8.16. The van der Waals surface area contributed by atoms with Crippen LogP contribution in [0.1, 0.15) is 59.6 Å². The molecule has 5 nitrogen and oxygen atoms in total. The summed E-state index contributed by atoms with van der Waals surface area (Å²) in [6.07, 6.45) is 7.37. The van der Waals surface area contributed by atoms with E-state index in [-0.39, 0.29) is 11.9 Å². The highest BCUT2D eigenvalue weighted by Crippen LogP contribution is 2.36. The molecule has 1 aliphatic carbocycles. The molecule has 118 valence electrons. The highest BCUT2D eigenvalue weighted by molar-refractivity contribution is 6.02. The zero-order valence-electron chi connectivity index (χ0n) is 12.9. The fourth-order valence-electron chi connectivity index (χ4n) is 3.70. The van der Waals surface area contributed by atoms with Crippen LogP contribution in [0.15, 0.2) is 23.2 Å². The van der Waals surface area contributed by atoms with Gasteiger partial charge >= 0.3 is 0 Å². The largest absolute Gasteiger partial charge is 0.370 e. The maximum Gasteiger partial charge on any atom is 0.280 e. The lowest BCUT2D eigenvalue weighted by Crippen LogP contribution is -2.35. The summed E-state index contributed by atoms with van der Waals surface area (Å²) in [4.78, 5) is 18.3. The molecule has 1 amide bonds. The number of guanidine groups is 1. The van der Waals surface area contributed by atoms with Crippen LogP contribution in [0.5, 0.6) is 0 Å². The first-order valence-electron chi connectivity index (χ1n) is 8.16. The zero-order valence-corrected chi connectivity index (χ0v) is 12.9. The lowest BCUT2D eigenvalue weighted by molar-refractivity contribution is 0.100. The predicted octanol–water partition coefficient (Wildman–Crippen LogP) is 1.96. The van der Waals surface area contributed by atoms with Crippen LogP contribution in [0.3, 0.4) is 0 Å². The maximum atomic E-state index is 12.1. The molecule has 1 atom stereocenters. The van der Waals surface area contributed by atoms with Crippen LogP contribution >= 0.6 is 0 Å². The second kappa shape index (κ2) is 6.48. The number of carbonyl (C=O) groups is 1. The van der Waals surface area contributed by atoms with E-state index < -0.39 is 0 Å². The number of aryl methyl sites for hydroxylation is 1. The number of amides is 1. The molecule has 1 saturated heterocycles. The van der Waals surface area contributed by atoms with E-state index in [4.69, 9.17) is 11.5 Å². The van der Waals surface area contributed by atoms with Crippen LogP contribution in [-0.2, 0) is 6.42 Å². The molecule has 1 unspecified atom stereocenters. The molecular formula is C17H24N4O. The Morgan fingerprint density at radius 3 is 2.64 bits per heavy atom. The van der Waals surface area contributed by atoms with Gasteiger partial charge in [-0.25, -0.2) is 0 Å². The number of nitrogens with two attached hydrogens (primary N) is 2. The number of hydrogen-bond acceptors (Lipinski definition) is 2. The van der Waals surface area contributed by atoms with E-state index >= 15 is 0 Å². The summed E-state index contributed by atoms with van der Waals surface area (Å²) in [6.45, 7) is 2.33. The van der Waals surface area contributed by atoms with Gasteiger partial charge < -0.3 is 11.5 Å². The highest BCUT2D eigenvalue weighted by Gasteiger charge is 2.27. The molecule has 3 rings (SSSR count). The van der Waals surface area contributed by atoms with Gasteiger partial charge in [0.25, 0.3) is 5.91 Å². The second-order valence-corrected chi connectivity index (χ2v) is 6.26. The number of fused-ring (bicyclic) bond motifs is 1. The minimum atomic E-state index is -0.356. The molecule has 1 aromatic carbocycles. The Morgan fingerprint density at radius 2 is 1.91 bits per heavy atom. The quantitative estimate of drug-likeness (QED) is 0.646. The fourth-order valence-corrected chi connectivity index (χ4v) is 3.70. The summed E-state index contributed by atoms with van der Waals surface area (Å²) in [6, 6.07) is 6.35. The number of hydrogen-bond donors (Lipinski definition) is 2. The van der Waals surface area contributed by atoms with Crippen LogP contribution < -0.4 is 11.5 Å². The van der Waals surface area contributed by atoms with Gasteiger partial charge in [0.05, 0.1) is 0 Å². The van der Waals surface area contributed by atoms with Gasteiger partial charge in [0.1, 0.15) is 0 Å². The molecule has 0 spiro atoms. The van der Waals surface area contributed by atoms with Crippen LogP contribution in [0, 0.1) is 0 Å². The van der Waals surface area contributed by atoms with Crippen molar-refractivity contribution in [2.75, 3.05) is 13.1 Å². The van der Waals surface area contributed by atoms with Gasteiger partial charge in [-0.3, -0.25) is 9.69 Å². The number of rotatable bonds is 2. The van der Waals surface area contributed by atoms with Crippen molar-refractivity contribution >= 4 is 11.9 Å². The Morgan fingerprint density at radius 1 is 1.14 bits per heavy atom. The van der Waals surface area contributed by atoms with Gasteiger partial charge in [-0.05, 0) is 68.5 Å². The summed E-state index contributed by atoms with van der Waals surface area (Å²) >= 11 is 0. The number of piperidine rings is 1. The summed E-state index contributed by atoms with van der Waals surface area (Å²) in [5.41, 5.74) is 13.9. The van der Waals surface area contributed by atoms with E-state index in [2.05, 4.69) is 16.0 Å². The van der Waals surface area contributed by atoms with E-state index in [1.807, 2.05) is 12.1 Å². The first-order chi connectivity index (χ1) is 10.6. The average Bonchev–Trinajstić information content (AvgIpc) is 2.54. The minimum Gasteiger partial charge on any atom is -0.370 e. The molecule has 0 aromatic heterocycles. The Balaban J connectivity index is 1.90. The van der Waals surface area contributed by atoms with Crippen molar-refractivity contribution in [3.05, 3.63) is 34.9 Å². The molecule has 0 bridgehead atoms. The lowest BCUT2D eigenvalue weighted by Gasteiger charge is -2.38.